The third kappa shape index (κ3) is 8.12. The van der Waals surface area contributed by atoms with Crippen LogP contribution in [0.5, 0.6) is 0 Å². The van der Waals surface area contributed by atoms with Gasteiger partial charge in [-0.05, 0) is 65.5 Å². The Morgan fingerprint density at radius 2 is 1.60 bits per heavy atom. The average molecular weight is 837 g/mol. The van der Waals surface area contributed by atoms with Gasteiger partial charge in [-0.1, -0.05) is 105 Å². The van der Waals surface area contributed by atoms with Crippen molar-refractivity contribution in [2.45, 2.75) is 71.2 Å². The maximum Gasteiger partial charge on any atom is 0.407 e. The van der Waals surface area contributed by atoms with Crippen LogP contribution in [0.1, 0.15) is 69.8 Å². The van der Waals surface area contributed by atoms with Gasteiger partial charge in [-0.2, -0.15) is 0 Å². The number of ether oxygens (including phenoxy) is 2. The monoisotopic (exact) mass is 836 g/mol. The van der Waals surface area contributed by atoms with Gasteiger partial charge in [0, 0.05) is 17.8 Å². The van der Waals surface area contributed by atoms with E-state index in [0.29, 0.717) is 17.9 Å². The van der Waals surface area contributed by atoms with Crippen molar-refractivity contribution in [1.29, 1.82) is 0 Å². The van der Waals surface area contributed by atoms with E-state index < -0.39 is 24.3 Å². The van der Waals surface area contributed by atoms with E-state index in [1.807, 2.05) is 68.3 Å². The summed E-state index contributed by atoms with van der Waals surface area (Å²) in [7, 11) is 2.57. The Balaban J connectivity index is 1.000. The van der Waals surface area contributed by atoms with Gasteiger partial charge in [0.15, 0.2) is 0 Å². The molecule has 14 heteroatoms. The standard InChI is InChI=1S/C48H52N8O6/c1-7-21-55(45(57)41(54-48(60)62-6)31-11-9-8-10-12-31)26-39-50-37-20-18-33-23-32(17-19-35(33)42(37)52-39)29-13-15-30(16-14-29)38-25-49-44(51-38)43-36-24-34(22-28(36)4)56(43)46(58)40(27(2)3)53-47(59)61-5/h8-20,22-23,25,27,34,36,40-41,43H,7,21,24,26H2,1-6H3,(H,49,51)(H,50,52)(H,53,59)(H,54,60)/t34-,36-,40+,41-,43+/m1/s1. The number of H-pyrrole nitrogens is 2. The maximum atomic E-state index is 14.0. The Morgan fingerprint density at radius 1 is 0.887 bits per heavy atom. The Kier molecular flexibility index (Phi) is 11.8. The zero-order valence-electron chi connectivity index (χ0n) is 35.8. The molecule has 4 N–H and O–H groups in total. The number of aromatic amines is 2. The smallest absolute Gasteiger partial charge is 0.407 e. The summed E-state index contributed by atoms with van der Waals surface area (Å²) < 4.78 is 9.67. The molecule has 14 nitrogen and oxygen atoms in total. The number of likely N-dealkylation sites (tertiary alicyclic amines) is 1. The molecule has 8 rings (SSSR count). The van der Waals surface area contributed by atoms with E-state index in [9.17, 15) is 19.2 Å². The molecule has 2 bridgehead atoms. The van der Waals surface area contributed by atoms with Gasteiger partial charge in [0.2, 0.25) is 11.8 Å². The van der Waals surface area contributed by atoms with Crippen molar-refractivity contribution < 1.29 is 28.7 Å². The fraction of sp³-hybridized carbons (Fsp3) is 0.333. The molecule has 5 atom stereocenters. The van der Waals surface area contributed by atoms with E-state index in [-0.39, 0.29) is 42.3 Å². The zero-order valence-corrected chi connectivity index (χ0v) is 35.8. The van der Waals surface area contributed by atoms with E-state index in [1.54, 1.807) is 4.90 Å². The minimum Gasteiger partial charge on any atom is -0.453 e. The number of amides is 4. The number of alkyl carbamates (subject to hydrolysis) is 2. The third-order valence-electron chi connectivity index (χ3n) is 12.1. The summed E-state index contributed by atoms with van der Waals surface area (Å²) in [4.78, 5) is 72.8. The second-order valence-electron chi connectivity index (χ2n) is 16.4. The lowest BCUT2D eigenvalue weighted by Crippen LogP contribution is -2.53. The van der Waals surface area contributed by atoms with Gasteiger partial charge in [0.05, 0.1) is 55.8 Å². The summed E-state index contributed by atoms with van der Waals surface area (Å²) in [5, 5.41) is 7.47. The third-order valence-corrected chi connectivity index (χ3v) is 12.1. The molecule has 4 aromatic carbocycles. The average Bonchev–Trinajstić information content (AvgIpc) is 4.10. The van der Waals surface area contributed by atoms with Crippen molar-refractivity contribution in [2.75, 3.05) is 20.8 Å². The molecule has 62 heavy (non-hydrogen) atoms. The molecular formula is C48H52N8O6. The Labute approximate surface area is 360 Å². The number of imidazole rings is 2. The van der Waals surface area contributed by atoms with Crippen molar-refractivity contribution >= 4 is 45.8 Å². The van der Waals surface area contributed by atoms with Crippen LogP contribution < -0.4 is 10.6 Å². The first kappa shape index (κ1) is 41.8. The number of rotatable bonds is 13. The van der Waals surface area contributed by atoms with Gasteiger partial charge in [0.25, 0.3) is 0 Å². The lowest BCUT2D eigenvalue weighted by atomic mass is 9.93. The molecule has 2 aromatic heterocycles. The van der Waals surface area contributed by atoms with Gasteiger partial charge in [-0.15, -0.1) is 0 Å². The van der Waals surface area contributed by atoms with Crippen LogP contribution in [-0.2, 0) is 25.6 Å². The van der Waals surface area contributed by atoms with E-state index in [4.69, 9.17) is 19.4 Å². The molecule has 2 aliphatic rings. The van der Waals surface area contributed by atoms with Crippen LogP contribution in [0.25, 0.3) is 44.2 Å². The highest BCUT2D eigenvalue weighted by atomic mass is 16.5. The second-order valence-corrected chi connectivity index (χ2v) is 16.4. The van der Waals surface area contributed by atoms with Crippen molar-refractivity contribution in [2.24, 2.45) is 11.8 Å². The van der Waals surface area contributed by atoms with E-state index in [2.05, 4.69) is 82.1 Å². The first-order chi connectivity index (χ1) is 30.0. The van der Waals surface area contributed by atoms with E-state index in [0.717, 1.165) is 62.9 Å². The van der Waals surface area contributed by atoms with Crippen LogP contribution in [0, 0.1) is 11.8 Å². The topological polar surface area (TPSA) is 175 Å². The number of benzene rings is 4. The summed E-state index contributed by atoms with van der Waals surface area (Å²) in [6.45, 7) is 8.65. The highest BCUT2D eigenvalue weighted by molar-refractivity contribution is 6.05. The summed E-state index contributed by atoms with van der Waals surface area (Å²) in [5.41, 5.74) is 7.48. The van der Waals surface area contributed by atoms with Crippen LogP contribution in [0.15, 0.2) is 103 Å². The van der Waals surface area contributed by atoms with Crippen LogP contribution in [0.4, 0.5) is 9.59 Å². The quantitative estimate of drug-likeness (QED) is 0.0843. The molecule has 1 saturated heterocycles. The van der Waals surface area contributed by atoms with Crippen LogP contribution in [-0.4, -0.2) is 86.6 Å². The fourth-order valence-electron chi connectivity index (χ4n) is 8.99. The minimum atomic E-state index is -0.913. The molecule has 1 aliphatic heterocycles. The molecule has 4 amide bonds. The predicted molar refractivity (Wildman–Crippen MR) is 236 cm³/mol. The lowest BCUT2D eigenvalue weighted by molar-refractivity contribution is -0.137. The number of methoxy groups -OCH3 is 2. The Hall–Kier alpha value is -6.96. The molecule has 1 fully saturated rings. The number of nitrogens with zero attached hydrogens (tertiary/aromatic N) is 4. The van der Waals surface area contributed by atoms with Gasteiger partial charge in [0.1, 0.15) is 23.7 Å². The van der Waals surface area contributed by atoms with Crippen LogP contribution in [0.2, 0.25) is 0 Å². The summed E-state index contributed by atoms with van der Waals surface area (Å²) in [5.74, 6) is 0.956. The number of aromatic nitrogens is 4. The molecule has 0 spiro atoms. The molecule has 0 unspecified atom stereocenters. The number of carbonyl (C=O) groups is 4. The molecular weight excluding hydrogens is 785 g/mol. The molecule has 1 aliphatic carbocycles. The largest absolute Gasteiger partial charge is 0.453 e. The molecule has 6 aromatic rings. The van der Waals surface area contributed by atoms with Crippen molar-refractivity contribution in [3.05, 3.63) is 120 Å². The van der Waals surface area contributed by atoms with Gasteiger partial charge in [-0.3, -0.25) is 9.59 Å². The number of nitrogens with one attached hydrogen (secondary N) is 4. The molecule has 0 saturated carbocycles. The first-order valence-electron chi connectivity index (χ1n) is 21.1. The van der Waals surface area contributed by atoms with E-state index >= 15 is 0 Å². The predicted octanol–water partition coefficient (Wildman–Crippen LogP) is 8.21. The summed E-state index contributed by atoms with van der Waals surface area (Å²) in [6, 6.07) is 25.9. The first-order valence-corrected chi connectivity index (χ1v) is 21.1. The minimum absolute atomic E-state index is 0.0672. The maximum absolute atomic E-state index is 14.0. The number of carbonyl (C=O) groups excluding carboxylic acids is 4. The summed E-state index contributed by atoms with van der Waals surface area (Å²) in [6.07, 6.45) is 4.20. The molecule has 320 valence electrons. The van der Waals surface area contributed by atoms with Gasteiger partial charge >= 0.3 is 12.2 Å². The lowest BCUT2D eigenvalue weighted by Gasteiger charge is -2.36. The molecule has 3 heterocycles. The van der Waals surface area contributed by atoms with Crippen molar-refractivity contribution in [3.63, 3.8) is 0 Å². The van der Waals surface area contributed by atoms with Gasteiger partial charge < -0.3 is 39.9 Å². The number of hydrogen-bond acceptors (Lipinski definition) is 8. The molecule has 0 radical (unpaired) electrons. The van der Waals surface area contributed by atoms with E-state index in [1.165, 1.54) is 19.8 Å². The number of hydrogen-bond donors (Lipinski definition) is 4. The normalized spacial score (nSPS) is 17.8. The fourth-order valence-corrected chi connectivity index (χ4v) is 8.99. The Bertz CT molecular complexity index is 2650. The second kappa shape index (κ2) is 17.6. The summed E-state index contributed by atoms with van der Waals surface area (Å²) >= 11 is 0. The number of fused-ring (bicyclic) bond motifs is 5. The van der Waals surface area contributed by atoms with Crippen LogP contribution >= 0.6 is 0 Å². The van der Waals surface area contributed by atoms with Crippen LogP contribution in [0.3, 0.4) is 0 Å². The Morgan fingerprint density at radius 3 is 2.31 bits per heavy atom. The van der Waals surface area contributed by atoms with Gasteiger partial charge in [-0.25, -0.2) is 19.6 Å². The van der Waals surface area contributed by atoms with Crippen molar-refractivity contribution in [1.82, 2.24) is 40.4 Å². The highest BCUT2D eigenvalue weighted by Crippen LogP contribution is 2.50. The zero-order chi connectivity index (χ0) is 43.7. The van der Waals surface area contributed by atoms with Crippen molar-refractivity contribution in [3.8, 4) is 22.4 Å². The highest BCUT2D eigenvalue weighted by Gasteiger charge is 2.51. The SMILES string of the molecule is CCCN(Cc1nc2c(ccc3cc(-c4ccc(-c5cnc([C@@H]6[C@@H]7C[C@@H](C=C7C)N6C(=O)[C@@H](NC(=O)OC)C(C)C)[nH]5)cc4)ccc32)[nH]1)C(=O)[C@H](NC(=O)OC)c1ccccc1.